The van der Waals surface area contributed by atoms with Crippen molar-refractivity contribution in [3.8, 4) is 0 Å². The van der Waals surface area contributed by atoms with Crippen LogP contribution in [0.5, 0.6) is 0 Å². The molecule has 0 unspecified atom stereocenters. The Morgan fingerprint density at radius 1 is 1.05 bits per heavy atom. The molecule has 0 aliphatic heterocycles. The lowest BCUT2D eigenvalue weighted by atomic mass is 10.2. The van der Waals surface area contributed by atoms with Gasteiger partial charge in [0.25, 0.3) is 0 Å². The van der Waals surface area contributed by atoms with E-state index in [0.717, 1.165) is 5.56 Å². The van der Waals surface area contributed by atoms with Crippen LogP contribution < -0.4 is 10.6 Å². The van der Waals surface area contributed by atoms with E-state index in [1.807, 2.05) is 30.3 Å². The SMILES string of the molecule is O=C(CCCNC(=O)OCc1ccccc1)NCCCO. The predicted molar refractivity (Wildman–Crippen MR) is 78.6 cm³/mol. The van der Waals surface area contributed by atoms with Gasteiger partial charge in [0.15, 0.2) is 0 Å². The molecular weight excluding hydrogens is 272 g/mol. The summed E-state index contributed by atoms with van der Waals surface area (Å²) in [7, 11) is 0. The van der Waals surface area contributed by atoms with Crippen molar-refractivity contribution >= 4 is 12.0 Å². The summed E-state index contributed by atoms with van der Waals surface area (Å²) >= 11 is 0. The number of alkyl carbamates (subject to hydrolysis) is 1. The van der Waals surface area contributed by atoms with Crippen molar-refractivity contribution in [1.82, 2.24) is 10.6 Å². The van der Waals surface area contributed by atoms with E-state index in [-0.39, 0.29) is 19.1 Å². The van der Waals surface area contributed by atoms with Crippen LogP contribution in [-0.2, 0) is 16.1 Å². The van der Waals surface area contributed by atoms with Gasteiger partial charge in [-0.15, -0.1) is 0 Å². The highest BCUT2D eigenvalue weighted by atomic mass is 16.5. The average molecular weight is 294 g/mol. The molecular formula is C15H22N2O4. The summed E-state index contributed by atoms with van der Waals surface area (Å²) in [6, 6.07) is 9.42. The van der Waals surface area contributed by atoms with Gasteiger partial charge in [-0.2, -0.15) is 0 Å². The fourth-order valence-corrected chi connectivity index (χ4v) is 1.61. The van der Waals surface area contributed by atoms with Gasteiger partial charge in [-0.1, -0.05) is 30.3 Å². The maximum atomic E-state index is 11.4. The fraction of sp³-hybridized carbons (Fsp3) is 0.467. The third-order valence-electron chi connectivity index (χ3n) is 2.72. The second-order valence-corrected chi connectivity index (χ2v) is 4.52. The smallest absolute Gasteiger partial charge is 0.407 e. The predicted octanol–water partition coefficient (Wildman–Crippen LogP) is 1.19. The van der Waals surface area contributed by atoms with Gasteiger partial charge in [0.1, 0.15) is 6.61 Å². The first-order chi connectivity index (χ1) is 10.2. The van der Waals surface area contributed by atoms with Gasteiger partial charge < -0.3 is 20.5 Å². The number of aliphatic hydroxyl groups excluding tert-OH is 1. The van der Waals surface area contributed by atoms with Crippen LogP contribution >= 0.6 is 0 Å². The van der Waals surface area contributed by atoms with Crippen LogP contribution in [0, 0.1) is 0 Å². The molecule has 3 N–H and O–H groups in total. The van der Waals surface area contributed by atoms with Crippen LogP contribution in [-0.4, -0.2) is 36.8 Å². The van der Waals surface area contributed by atoms with E-state index < -0.39 is 6.09 Å². The standard InChI is InChI=1S/C15H22N2O4/c18-11-5-10-16-14(19)8-4-9-17-15(20)21-12-13-6-2-1-3-7-13/h1-3,6-7,18H,4-5,8-12H2,(H,16,19)(H,17,20). The molecule has 0 aromatic heterocycles. The largest absolute Gasteiger partial charge is 0.445 e. The molecule has 0 bridgehead atoms. The number of ether oxygens (including phenoxy) is 1. The number of carbonyl (C=O) groups excluding carboxylic acids is 2. The molecule has 116 valence electrons. The minimum Gasteiger partial charge on any atom is -0.445 e. The van der Waals surface area contributed by atoms with Gasteiger partial charge >= 0.3 is 6.09 Å². The molecule has 1 aromatic carbocycles. The number of hydrogen-bond donors (Lipinski definition) is 3. The Morgan fingerprint density at radius 2 is 1.76 bits per heavy atom. The average Bonchev–Trinajstić information content (AvgIpc) is 2.51. The van der Waals surface area contributed by atoms with Crippen molar-refractivity contribution < 1.29 is 19.4 Å². The zero-order valence-electron chi connectivity index (χ0n) is 12.0. The van der Waals surface area contributed by atoms with Gasteiger partial charge in [0.2, 0.25) is 5.91 Å². The quantitative estimate of drug-likeness (QED) is 0.597. The number of hydrogen-bond acceptors (Lipinski definition) is 4. The summed E-state index contributed by atoms with van der Waals surface area (Å²) in [6.45, 7) is 1.16. The minimum absolute atomic E-state index is 0.0646. The van der Waals surface area contributed by atoms with Gasteiger partial charge in [-0.3, -0.25) is 4.79 Å². The molecule has 6 nitrogen and oxygen atoms in total. The zero-order chi connectivity index (χ0) is 15.3. The van der Waals surface area contributed by atoms with Gasteiger partial charge in [-0.25, -0.2) is 4.79 Å². The molecule has 1 aromatic rings. The van der Waals surface area contributed by atoms with Crippen LogP contribution in [0.25, 0.3) is 0 Å². The monoisotopic (exact) mass is 294 g/mol. The highest BCUT2D eigenvalue weighted by molar-refractivity contribution is 5.75. The van der Waals surface area contributed by atoms with E-state index in [1.165, 1.54) is 0 Å². The highest BCUT2D eigenvalue weighted by Crippen LogP contribution is 2.00. The number of amides is 2. The van der Waals surface area contributed by atoms with Crippen molar-refractivity contribution in [3.05, 3.63) is 35.9 Å². The van der Waals surface area contributed by atoms with E-state index >= 15 is 0 Å². The number of aliphatic hydroxyl groups is 1. The number of rotatable bonds is 9. The lowest BCUT2D eigenvalue weighted by molar-refractivity contribution is -0.121. The summed E-state index contributed by atoms with van der Waals surface area (Å²) in [5.41, 5.74) is 0.927. The molecule has 0 radical (unpaired) electrons. The summed E-state index contributed by atoms with van der Waals surface area (Å²) in [6.07, 6.45) is 0.950. The first-order valence-electron chi connectivity index (χ1n) is 7.04. The summed E-state index contributed by atoms with van der Waals surface area (Å²) < 4.78 is 5.04. The molecule has 21 heavy (non-hydrogen) atoms. The minimum atomic E-state index is -0.487. The van der Waals surface area contributed by atoms with Crippen LogP contribution in [0.2, 0.25) is 0 Å². The third kappa shape index (κ3) is 8.65. The van der Waals surface area contributed by atoms with Crippen LogP contribution in [0.15, 0.2) is 30.3 Å². The number of benzene rings is 1. The molecule has 1 rings (SSSR count). The summed E-state index contributed by atoms with van der Waals surface area (Å²) in [4.78, 5) is 22.7. The normalized spacial score (nSPS) is 9.95. The van der Waals surface area contributed by atoms with Crippen LogP contribution in [0.3, 0.4) is 0 Å². The maximum absolute atomic E-state index is 11.4. The molecule has 6 heteroatoms. The zero-order valence-corrected chi connectivity index (χ0v) is 12.0. The third-order valence-corrected chi connectivity index (χ3v) is 2.72. The molecule has 0 aliphatic carbocycles. The van der Waals surface area contributed by atoms with E-state index in [0.29, 0.717) is 32.4 Å². The van der Waals surface area contributed by atoms with E-state index in [1.54, 1.807) is 0 Å². The highest BCUT2D eigenvalue weighted by Gasteiger charge is 2.04. The molecule has 2 amide bonds. The maximum Gasteiger partial charge on any atom is 0.407 e. The molecule has 0 spiro atoms. The molecule has 0 fully saturated rings. The van der Waals surface area contributed by atoms with Gasteiger partial charge in [0.05, 0.1) is 0 Å². The fourth-order valence-electron chi connectivity index (χ4n) is 1.61. The lowest BCUT2D eigenvalue weighted by Crippen LogP contribution is -2.28. The van der Waals surface area contributed by atoms with Crippen molar-refractivity contribution in [3.63, 3.8) is 0 Å². The van der Waals surface area contributed by atoms with E-state index in [9.17, 15) is 9.59 Å². The van der Waals surface area contributed by atoms with Crippen molar-refractivity contribution in [2.45, 2.75) is 25.9 Å². The Kier molecular flexibility index (Phi) is 8.63. The van der Waals surface area contributed by atoms with Crippen molar-refractivity contribution in [2.75, 3.05) is 19.7 Å². The molecule has 0 atom stereocenters. The van der Waals surface area contributed by atoms with Gasteiger partial charge in [0, 0.05) is 26.1 Å². The van der Waals surface area contributed by atoms with Crippen molar-refractivity contribution in [1.29, 1.82) is 0 Å². The van der Waals surface area contributed by atoms with E-state index in [2.05, 4.69) is 10.6 Å². The van der Waals surface area contributed by atoms with Crippen molar-refractivity contribution in [2.24, 2.45) is 0 Å². The van der Waals surface area contributed by atoms with Crippen LogP contribution in [0.1, 0.15) is 24.8 Å². The first kappa shape index (κ1) is 17.0. The molecule has 0 aliphatic rings. The summed E-state index contributed by atoms with van der Waals surface area (Å²) in [5, 5.41) is 13.8. The second-order valence-electron chi connectivity index (χ2n) is 4.52. The molecule has 0 saturated carbocycles. The van der Waals surface area contributed by atoms with Gasteiger partial charge in [-0.05, 0) is 18.4 Å². The number of nitrogens with one attached hydrogen (secondary N) is 2. The summed E-state index contributed by atoms with van der Waals surface area (Å²) in [5.74, 6) is -0.0806. The van der Waals surface area contributed by atoms with E-state index in [4.69, 9.17) is 9.84 Å². The molecule has 0 heterocycles. The Hall–Kier alpha value is -2.08. The Balaban J connectivity index is 2.02. The van der Waals surface area contributed by atoms with Crippen LogP contribution in [0.4, 0.5) is 4.79 Å². The Bertz CT molecular complexity index is 423. The second kappa shape index (κ2) is 10.7. The topological polar surface area (TPSA) is 87.7 Å². The first-order valence-corrected chi connectivity index (χ1v) is 7.04. The molecule has 0 saturated heterocycles. The Morgan fingerprint density at radius 3 is 2.48 bits per heavy atom. The Labute approximate surface area is 124 Å². The lowest BCUT2D eigenvalue weighted by Gasteiger charge is -2.07. The number of carbonyl (C=O) groups is 2.